The van der Waals surface area contributed by atoms with Crippen LogP contribution in [0.15, 0.2) is 65.6 Å². The van der Waals surface area contributed by atoms with E-state index < -0.39 is 33.3 Å². The topological polar surface area (TPSA) is 121 Å². The Labute approximate surface area is 167 Å². The van der Waals surface area contributed by atoms with Crippen molar-refractivity contribution in [2.75, 3.05) is 0 Å². The van der Waals surface area contributed by atoms with Gasteiger partial charge in [-0.25, -0.2) is 4.79 Å². The molecule has 0 aliphatic carbocycles. The summed E-state index contributed by atoms with van der Waals surface area (Å²) in [6.07, 6.45) is 0.0207. The highest BCUT2D eigenvalue weighted by Crippen LogP contribution is 2.42. The summed E-state index contributed by atoms with van der Waals surface area (Å²) in [5, 5.41) is 30.2. The second kappa shape index (κ2) is 7.84. The standard InChI is InChI=1S/C21H18O7S/c1-13-7-9-15(10-8-13)29(26,27)28-18-12-17(21(24)25)16(19(22)20(18)23)11-14-5-3-2-4-6-14/h2-10,12,22-23H,11H2,1H3,(H,24,25). The largest absolute Gasteiger partial charge is 0.504 e. The van der Waals surface area contributed by atoms with Crippen molar-refractivity contribution in [2.45, 2.75) is 18.2 Å². The molecule has 0 saturated carbocycles. The van der Waals surface area contributed by atoms with Gasteiger partial charge in [0.1, 0.15) is 4.90 Å². The number of carboxylic acid groups (broad SMARTS) is 1. The minimum Gasteiger partial charge on any atom is -0.504 e. The molecule has 0 saturated heterocycles. The van der Waals surface area contributed by atoms with E-state index >= 15 is 0 Å². The number of carboxylic acids is 1. The van der Waals surface area contributed by atoms with Gasteiger partial charge in [-0.3, -0.25) is 0 Å². The molecule has 0 amide bonds. The lowest BCUT2D eigenvalue weighted by atomic mass is 9.97. The van der Waals surface area contributed by atoms with Crippen molar-refractivity contribution in [1.82, 2.24) is 0 Å². The first-order valence-electron chi connectivity index (χ1n) is 8.55. The molecule has 0 unspecified atom stereocenters. The van der Waals surface area contributed by atoms with Crippen LogP contribution in [0.25, 0.3) is 0 Å². The lowest BCUT2D eigenvalue weighted by Crippen LogP contribution is -2.11. The van der Waals surface area contributed by atoms with Crippen LogP contribution in [0.5, 0.6) is 17.2 Å². The maximum atomic E-state index is 12.5. The molecule has 0 heterocycles. The molecule has 3 N–H and O–H groups in total. The van der Waals surface area contributed by atoms with Crippen LogP contribution in [0.4, 0.5) is 0 Å². The monoisotopic (exact) mass is 414 g/mol. The first-order chi connectivity index (χ1) is 13.7. The predicted molar refractivity (Wildman–Crippen MR) is 105 cm³/mol. The Balaban J connectivity index is 2.04. The van der Waals surface area contributed by atoms with Gasteiger partial charge in [-0.05, 0) is 24.6 Å². The molecule has 7 nitrogen and oxygen atoms in total. The van der Waals surface area contributed by atoms with Crippen LogP contribution in [-0.2, 0) is 16.5 Å². The normalized spacial score (nSPS) is 11.2. The van der Waals surface area contributed by atoms with Gasteiger partial charge in [0.05, 0.1) is 5.56 Å². The molecule has 0 bridgehead atoms. The number of benzene rings is 3. The van der Waals surface area contributed by atoms with E-state index in [-0.39, 0.29) is 22.4 Å². The Bertz CT molecular complexity index is 1150. The van der Waals surface area contributed by atoms with Crippen LogP contribution >= 0.6 is 0 Å². The van der Waals surface area contributed by atoms with E-state index in [0.717, 1.165) is 11.6 Å². The third kappa shape index (κ3) is 4.33. The zero-order chi connectivity index (χ0) is 21.2. The summed E-state index contributed by atoms with van der Waals surface area (Å²) in [6, 6.07) is 15.4. The van der Waals surface area contributed by atoms with Crippen molar-refractivity contribution in [1.29, 1.82) is 0 Å². The number of hydrogen-bond acceptors (Lipinski definition) is 6. The summed E-state index contributed by atoms with van der Waals surface area (Å²) in [4.78, 5) is 11.5. The number of aromatic hydroxyl groups is 2. The van der Waals surface area contributed by atoms with E-state index in [1.165, 1.54) is 12.1 Å². The van der Waals surface area contributed by atoms with Gasteiger partial charge in [0.25, 0.3) is 0 Å². The first-order valence-corrected chi connectivity index (χ1v) is 9.96. The summed E-state index contributed by atoms with van der Waals surface area (Å²) < 4.78 is 29.9. The number of hydrogen-bond donors (Lipinski definition) is 3. The Morgan fingerprint density at radius 2 is 1.59 bits per heavy atom. The molecule has 0 radical (unpaired) electrons. The smallest absolute Gasteiger partial charge is 0.339 e. The van der Waals surface area contributed by atoms with Crippen LogP contribution in [0.3, 0.4) is 0 Å². The molecule has 0 atom stereocenters. The highest BCUT2D eigenvalue weighted by atomic mass is 32.2. The number of carbonyl (C=O) groups is 1. The predicted octanol–water partition coefficient (Wildman–Crippen LogP) is 3.46. The van der Waals surface area contributed by atoms with E-state index in [2.05, 4.69) is 0 Å². The van der Waals surface area contributed by atoms with E-state index in [9.17, 15) is 28.5 Å². The fourth-order valence-electron chi connectivity index (χ4n) is 2.78. The summed E-state index contributed by atoms with van der Waals surface area (Å²) >= 11 is 0. The SMILES string of the molecule is Cc1ccc(S(=O)(=O)Oc2cc(C(=O)O)c(Cc3ccccc3)c(O)c2O)cc1. The summed E-state index contributed by atoms with van der Waals surface area (Å²) in [7, 11) is -4.35. The van der Waals surface area contributed by atoms with Gasteiger partial charge < -0.3 is 19.5 Å². The fraction of sp³-hybridized carbons (Fsp3) is 0.0952. The van der Waals surface area contributed by atoms with Gasteiger partial charge in [0.15, 0.2) is 11.5 Å². The molecule has 3 rings (SSSR count). The zero-order valence-electron chi connectivity index (χ0n) is 15.4. The van der Waals surface area contributed by atoms with Gasteiger partial charge in [-0.1, -0.05) is 48.0 Å². The van der Waals surface area contributed by atoms with Crippen molar-refractivity contribution in [3.63, 3.8) is 0 Å². The van der Waals surface area contributed by atoms with E-state index in [0.29, 0.717) is 5.56 Å². The van der Waals surface area contributed by atoms with Gasteiger partial charge in [-0.2, -0.15) is 8.42 Å². The quantitative estimate of drug-likeness (QED) is 0.417. The lowest BCUT2D eigenvalue weighted by molar-refractivity contribution is 0.0695. The molecule has 29 heavy (non-hydrogen) atoms. The second-order valence-electron chi connectivity index (χ2n) is 6.42. The molecule has 0 aliphatic heterocycles. The van der Waals surface area contributed by atoms with Crippen LogP contribution in [-0.4, -0.2) is 29.7 Å². The molecule has 3 aromatic rings. The van der Waals surface area contributed by atoms with Crippen molar-refractivity contribution in [2.24, 2.45) is 0 Å². The van der Waals surface area contributed by atoms with Gasteiger partial charge in [0, 0.05) is 18.1 Å². The Morgan fingerprint density at radius 1 is 0.966 bits per heavy atom. The minimum absolute atomic E-state index is 0.0207. The van der Waals surface area contributed by atoms with Crippen LogP contribution in [0.1, 0.15) is 27.0 Å². The number of rotatable bonds is 6. The van der Waals surface area contributed by atoms with Crippen molar-refractivity contribution in [3.05, 3.63) is 82.9 Å². The van der Waals surface area contributed by atoms with E-state index in [4.69, 9.17) is 4.18 Å². The van der Waals surface area contributed by atoms with Crippen LogP contribution in [0, 0.1) is 6.92 Å². The van der Waals surface area contributed by atoms with Crippen LogP contribution in [0.2, 0.25) is 0 Å². The summed E-state index contributed by atoms with van der Waals surface area (Å²) in [5.74, 6) is -3.67. The third-order valence-electron chi connectivity index (χ3n) is 4.31. The Kier molecular flexibility index (Phi) is 5.47. The molecule has 150 valence electrons. The average molecular weight is 414 g/mol. The van der Waals surface area contributed by atoms with Crippen molar-refractivity contribution >= 4 is 16.1 Å². The number of aromatic carboxylic acids is 1. The highest BCUT2D eigenvalue weighted by Gasteiger charge is 2.26. The number of phenols is 2. The molecule has 3 aromatic carbocycles. The van der Waals surface area contributed by atoms with Crippen molar-refractivity contribution in [3.8, 4) is 17.2 Å². The molecular weight excluding hydrogens is 396 g/mol. The number of phenolic OH excluding ortho intramolecular Hbond substituents is 2. The summed E-state index contributed by atoms with van der Waals surface area (Å²) in [6.45, 7) is 1.78. The maximum Gasteiger partial charge on any atom is 0.339 e. The van der Waals surface area contributed by atoms with Gasteiger partial charge in [-0.15, -0.1) is 0 Å². The molecule has 0 aromatic heterocycles. The summed E-state index contributed by atoms with van der Waals surface area (Å²) in [5.41, 5.74) is 1.10. The molecule has 0 spiro atoms. The van der Waals surface area contributed by atoms with Crippen molar-refractivity contribution < 1.29 is 32.7 Å². The first kappa shape index (κ1) is 20.2. The van der Waals surface area contributed by atoms with E-state index in [1.807, 2.05) is 0 Å². The van der Waals surface area contributed by atoms with Gasteiger partial charge in [0.2, 0.25) is 5.75 Å². The molecular formula is C21H18O7S. The average Bonchev–Trinajstić information content (AvgIpc) is 2.68. The second-order valence-corrected chi connectivity index (χ2v) is 7.96. The Morgan fingerprint density at radius 3 is 2.17 bits per heavy atom. The van der Waals surface area contributed by atoms with Gasteiger partial charge >= 0.3 is 16.1 Å². The Hall–Kier alpha value is -3.52. The highest BCUT2D eigenvalue weighted by molar-refractivity contribution is 7.87. The van der Waals surface area contributed by atoms with Crippen LogP contribution < -0.4 is 4.18 Å². The minimum atomic E-state index is -4.35. The lowest BCUT2D eigenvalue weighted by Gasteiger charge is -2.15. The maximum absolute atomic E-state index is 12.5. The third-order valence-corrected chi connectivity index (χ3v) is 5.56. The molecule has 0 aliphatic rings. The molecule has 0 fully saturated rings. The molecule has 8 heteroatoms. The zero-order valence-corrected chi connectivity index (χ0v) is 16.2. The fourth-order valence-corrected chi connectivity index (χ4v) is 3.71. The van der Waals surface area contributed by atoms with E-state index in [1.54, 1.807) is 49.4 Å². The number of aryl methyl sites for hydroxylation is 1.